The zero-order valence-corrected chi connectivity index (χ0v) is 14.0. The topological polar surface area (TPSA) is 29.5 Å². The number of halogens is 1. The molecule has 0 aliphatic heterocycles. The van der Waals surface area contributed by atoms with E-state index in [0.717, 1.165) is 29.9 Å². The van der Waals surface area contributed by atoms with Gasteiger partial charge in [-0.3, -0.25) is 0 Å². The zero-order chi connectivity index (χ0) is 13.0. The van der Waals surface area contributed by atoms with Crippen molar-refractivity contribution in [3.05, 3.63) is 29.6 Å². The van der Waals surface area contributed by atoms with Crippen molar-refractivity contribution in [3.63, 3.8) is 0 Å². The molecule has 3 radical (unpaired) electrons. The van der Waals surface area contributed by atoms with Gasteiger partial charge in [0.2, 0.25) is 0 Å². The summed E-state index contributed by atoms with van der Waals surface area (Å²) in [6, 6.07) is 4.10. The first-order chi connectivity index (χ1) is 8.01. The Morgan fingerprint density at radius 1 is 1.53 bits per heavy atom. The molecule has 5 heteroatoms. The van der Waals surface area contributed by atoms with Crippen LogP contribution in [0.15, 0.2) is 18.2 Å². The number of methoxy groups -OCH3 is 1. The molecule has 0 atom stereocenters. The predicted octanol–water partition coefficient (Wildman–Crippen LogP) is 1.81. The molecule has 0 fully saturated rings. The van der Waals surface area contributed by atoms with E-state index in [1.807, 2.05) is 13.8 Å². The van der Waals surface area contributed by atoms with E-state index >= 15 is 0 Å². The molecule has 1 rings (SSSR count). The first-order valence-electron chi connectivity index (χ1n) is 5.30. The number of rotatable bonds is 4. The van der Waals surface area contributed by atoms with Gasteiger partial charge in [-0.15, -0.1) is 0 Å². The fraction of sp³-hybridized carbons (Fsp3) is 0.417. The molecule has 3 nitrogen and oxygen atoms in total. The van der Waals surface area contributed by atoms with Crippen molar-refractivity contribution in [2.24, 2.45) is 0 Å². The second kappa shape index (κ2) is 6.32. The Labute approximate surface area is 117 Å². The third-order valence-electron chi connectivity index (χ3n) is 2.45. The Hall–Kier alpha value is -0.658. The maximum atomic E-state index is 13.2. The molecular weight excluding hydrogens is 416 g/mol. The second-order valence-electron chi connectivity index (χ2n) is 3.87. The van der Waals surface area contributed by atoms with E-state index in [9.17, 15) is 9.18 Å². The van der Waals surface area contributed by atoms with Crippen LogP contribution in [0, 0.1) is 5.82 Å². The summed E-state index contributed by atoms with van der Waals surface area (Å²) < 4.78 is 19.0. The maximum absolute atomic E-state index is 13.2. The minimum absolute atomic E-state index is 0.105. The molecule has 17 heavy (non-hydrogen) atoms. The number of ether oxygens (including phenoxy) is 1. The molecule has 0 aliphatic carbocycles. The van der Waals surface area contributed by atoms with Gasteiger partial charge in [0.25, 0.3) is 0 Å². The van der Waals surface area contributed by atoms with E-state index in [0.29, 0.717) is 5.75 Å². The average Bonchev–Trinajstić information content (AvgIpc) is 2.29. The normalized spacial score (nSPS) is 10.5. The van der Waals surface area contributed by atoms with E-state index in [2.05, 4.69) is 0 Å². The van der Waals surface area contributed by atoms with Crippen molar-refractivity contribution in [3.8, 4) is 5.75 Å². The number of hydrogen-bond acceptors (Lipinski definition) is 2. The van der Waals surface area contributed by atoms with Crippen molar-refractivity contribution < 1.29 is 13.9 Å². The van der Waals surface area contributed by atoms with Crippen LogP contribution in [0.4, 0.5) is 4.39 Å². The molecule has 1 aromatic carbocycles. The summed E-state index contributed by atoms with van der Waals surface area (Å²) in [6.07, 6.45) is 0. The summed E-state index contributed by atoms with van der Waals surface area (Å²) in [7, 11) is 1.48. The number of nitrogens with zero attached hydrogens (tertiary/aromatic N) is 1. The van der Waals surface area contributed by atoms with Gasteiger partial charge in [0.1, 0.15) is 0 Å². The van der Waals surface area contributed by atoms with E-state index in [-0.39, 0.29) is 17.5 Å². The van der Waals surface area contributed by atoms with E-state index < -0.39 is 5.82 Å². The van der Waals surface area contributed by atoms with E-state index in [1.165, 1.54) is 25.3 Å². The SMILES string of the molecule is COc1ccc(F)cc1C(=O)N([CH2][Pb])C(C)C. The van der Waals surface area contributed by atoms with Gasteiger partial charge in [-0.25, -0.2) is 0 Å². The molecule has 91 valence electrons. The Balaban J connectivity index is 3.13. The number of hydrogen-bond donors (Lipinski definition) is 0. The van der Waals surface area contributed by atoms with Gasteiger partial charge in [0, 0.05) is 0 Å². The zero-order valence-electron chi connectivity index (χ0n) is 10.2. The third-order valence-corrected chi connectivity index (χ3v) is 3.77. The number of benzene rings is 1. The van der Waals surface area contributed by atoms with Crippen LogP contribution >= 0.6 is 0 Å². The van der Waals surface area contributed by atoms with Crippen molar-refractivity contribution in [1.82, 2.24) is 4.90 Å². The van der Waals surface area contributed by atoms with Gasteiger partial charge in [0.05, 0.1) is 0 Å². The molecule has 0 heterocycles. The molecule has 0 N–H and O–H groups in total. The monoisotopic (exact) mass is 432 g/mol. The molecule has 0 saturated heterocycles. The average molecular weight is 431 g/mol. The van der Waals surface area contributed by atoms with Crippen LogP contribution in [0.1, 0.15) is 24.2 Å². The molecule has 0 spiro atoms. The van der Waals surface area contributed by atoms with Crippen LogP contribution in [0.3, 0.4) is 0 Å². The van der Waals surface area contributed by atoms with E-state index in [4.69, 9.17) is 4.74 Å². The summed E-state index contributed by atoms with van der Waals surface area (Å²) in [5, 5.41) is 0. The van der Waals surface area contributed by atoms with Gasteiger partial charge >= 0.3 is 117 Å². The molecule has 0 aliphatic rings. The Bertz CT molecular complexity index is 409. The van der Waals surface area contributed by atoms with Crippen LogP contribution in [-0.2, 0) is 0 Å². The van der Waals surface area contributed by atoms with Crippen molar-refractivity contribution in [2.45, 2.75) is 19.9 Å². The number of carbonyl (C=O) groups excluding carboxylic acids is 1. The van der Waals surface area contributed by atoms with Crippen LogP contribution < -0.4 is 4.74 Å². The van der Waals surface area contributed by atoms with Crippen LogP contribution in [0.25, 0.3) is 0 Å². The second-order valence-corrected chi connectivity index (χ2v) is 5.10. The molecule has 0 bridgehead atoms. The summed E-state index contributed by atoms with van der Waals surface area (Å²) in [5.74, 6) is -0.185. The molecule has 1 aromatic rings. The molecule has 0 unspecified atom stereocenters. The number of amides is 1. The standard InChI is InChI=1S/C12H15FNO2.Pb/c1-8(2)14(3)12(15)10-7-9(13)5-6-11(10)16-4;/h5-8H,3H2,1-2,4H3;. The van der Waals surface area contributed by atoms with Crippen LogP contribution in [0.2, 0.25) is 0 Å². The van der Waals surface area contributed by atoms with Gasteiger partial charge in [0.15, 0.2) is 0 Å². The van der Waals surface area contributed by atoms with Crippen molar-refractivity contribution in [2.75, 3.05) is 11.2 Å². The van der Waals surface area contributed by atoms with Gasteiger partial charge < -0.3 is 0 Å². The van der Waals surface area contributed by atoms with Gasteiger partial charge in [-0.05, 0) is 0 Å². The van der Waals surface area contributed by atoms with E-state index in [1.54, 1.807) is 4.90 Å². The molecular formula is C12H15FNO2Pb. The molecule has 0 aromatic heterocycles. The first-order valence-corrected chi connectivity index (χ1v) is 8.05. The summed E-state index contributed by atoms with van der Waals surface area (Å²) in [4.78, 5) is 14.0. The molecule has 0 saturated carbocycles. The summed E-state index contributed by atoms with van der Waals surface area (Å²) in [5.41, 5.74) is 0.289. The fourth-order valence-corrected chi connectivity index (χ4v) is 3.47. The summed E-state index contributed by atoms with van der Waals surface area (Å²) in [6.45, 7) is 3.89. The third kappa shape index (κ3) is 3.40. The van der Waals surface area contributed by atoms with Gasteiger partial charge in [-0.1, -0.05) is 0 Å². The quantitative estimate of drug-likeness (QED) is 0.681. The van der Waals surface area contributed by atoms with Crippen molar-refractivity contribution in [1.29, 1.82) is 0 Å². The Morgan fingerprint density at radius 2 is 2.18 bits per heavy atom. The van der Waals surface area contributed by atoms with Crippen LogP contribution in [0.5, 0.6) is 5.75 Å². The Kier molecular flexibility index (Phi) is 5.36. The Morgan fingerprint density at radius 3 is 2.65 bits per heavy atom. The fourth-order valence-electron chi connectivity index (χ4n) is 1.49. The summed E-state index contributed by atoms with van der Waals surface area (Å²) >= 11 is 0.887. The minimum atomic E-state index is -0.425. The predicted molar refractivity (Wildman–Crippen MR) is 64.9 cm³/mol. The first kappa shape index (κ1) is 14.4. The van der Waals surface area contributed by atoms with Gasteiger partial charge in [-0.2, -0.15) is 0 Å². The number of carbonyl (C=O) groups is 1. The van der Waals surface area contributed by atoms with Crippen molar-refractivity contribution >= 4 is 31.7 Å². The van der Waals surface area contributed by atoms with Crippen LogP contribution in [-0.4, -0.2) is 53.8 Å². The molecule has 1 amide bonds.